The molecule has 4 rings (SSSR count). The van der Waals surface area contributed by atoms with Crippen molar-refractivity contribution in [1.29, 1.82) is 0 Å². The standard InChI is InChI=1S/C29H35N5O4S/c1-6-19-15-22(16-31-24(19)33-28(37)38-29(3,4)5)32-25(35)27(36)34-17-18(2)7-12-23(34)20-8-10-21(11-9-20)26-30-13-14-39-26/h8-11,13-16,18,23H,6-7,12,17H2,1-5H3,(H,32,35)(H,31,33,37)/t18-,23+/m1/s1. The normalized spacial score (nSPS) is 17.4. The molecule has 39 heavy (non-hydrogen) atoms. The first kappa shape index (κ1) is 28.2. The molecule has 1 aliphatic rings. The summed E-state index contributed by atoms with van der Waals surface area (Å²) in [5.74, 6) is -0.656. The molecule has 1 saturated heterocycles. The van der Waals surface area contributed by atoms with Crippen LogP contribution in [0.3, 0.4) is 0 Å². The largest absolute Gasteiger partial charge is 0.444 e. The van der Waals surface area contributed by atoms with Crippen molar-refractivity contribution in [3.8, 4) is 10.6 Å². The highest BCUT2D eigenvalue weighted by molar-refractivity contribution is 7.13. The fourth-order valence-electron chi connectivity index (χ4n) is 4.61. The van der Waals surface area contributed by atoms with Gasteiger partial charge in [0.1, 0.15) is 16.4 Å². The summed E-state index contributed by atoms with van der Waals surface area (Å²) in [4.78, 5) is 49.0. The van der Waals surface area contributed by atoms with Crippen LogP contribution in [0.2, 0.25) is 0 Å². The molecule has 10 heteroatoms. The van der Waals surface area contributed by atoms with Gasteiger partial charge in [0.05, 0.1) is 17.9 Å². The average molecular weight is 550 g/mol. The van der Waals surface area contributed by atoms with Crippen molar-refractivity contribution >= 4 is 40.7 Å². The predicted molar refractivity (Wildman–Crippen MR) is 153 cm³/mol. The van der Waals surface area contributed by atoms with Crippen LogP contribution in [-0.4, -0.2) is 44.9 Å². The lowest BCUT2D eigenvalue weighted by atomic mass is 9.89. The monoisotopic (exact) mass is 549 g/mol. The van der Waals surface area contributed by atoms with Crippen molar-refractivity contribution in [3.05, 3.63) is 59.2 Å². The number of aryl methyl sites for hydroxylation is 1. The van der Waals surface area contributed by atoms with Crippen LogP contribution < -0.4 is 10.6 Å². The van der Waals surface area contributed by atoms with E-state index in [2.05, 4.69) is 27.5 Å². The zero-order valence-electron chi connectivity index (χ0n) is 23.0. The summed E-state index contributed by atoms with van der Waals surface area (Å²) in [5, 5.41) is 8.24. The minimum atomic E-state index is -0.717. The van der Waals surface area contributed by atoms with Crippen molar-refractivity contribution in [2.75, 3.05) is 17.2 Å². The molecule has 1 fully saturated rings. The first-order valence-electron chi connectivity index (χ1n) is 13.1. The van der Waals surface area contributed by atoms with Gasteiger partial charge in [0.25, 0.3) is 0 Å². The van der Waals surface area contributed by atoms with E-state index in [4.69, 9.17) is 4.74 Å². The molecular weight excluding hydrogens is 514 g/mol. The van der Waals surface area contributed by atoms with Gasteiger partial charge in [0.15, 0.2) is 0 Å². The zero-order valence-corrected chi connectivity index (χ0v) is 23.8. The first-order valence-corrected chi connectivity index (χ1v) is 14.0. The number of nitrogens with one attached hydrogen (secondary N) is 2. The Hall–Kier alpha value is -3.79. The maximum Gasteiger partial charge on any atom is 0.413 e. The van der Waals surface area contributed by atoms with E-state index < -0.39 is 23.5 Å². The molecule has 2 atom stereocenters. The van der Waals surface area contributed by atoms with Crippen LogP contribution in [0.15, 0.2) is 48.1 Å². The molecule has 1 aromatic carbocycles. The Balaban J connectivity index is 1.47. The van der Waals surface area contributed by atoms with Gasteiger partial charge in [-0.05, 0) is 63.1 Å². The molecule has 0 spiro atoms. The zero-order chi connectivity index (χ0) is 28.2. The minimum absolute atomic E-state index is 0.186. The van der Waals surface area contributed by atoms with E-state index >= 15 is 0 Å². The number of amides is 3. The third-order valence-electron chi connectivity index (χ3n) is 6.47. The number of ether oxygens (including phenoxy) is 1. The molecule has 0 bridgehead atoms. The third-order valence-corrected chi connectivity index (χ3v) is 7.29. The van der Waals surface area contributed by atoms with Crippen molar-refractivity contribution in [1.82, 2.24) is 14.9 Å². The lowest BCUT2D eigenvalue weighted by Gasteiger charge is -2.38. The molecule has 9 nitrogen and oxygen atoms in total. The molecule has 3 heterocycles. The highest BCUT2D eigenvalue weighted by Crippen LogP contribution is 2.35. The Bertz CT molecular complexity index is 1320. The van der Waals surface area contributed by atoms with Gasteiger partial charge in [-0.15, -0.1) is 11.3 Å². The SMILES string of the molecule is CCc1cc(NC(=O)C(=O)N2C[C@H](C)CC[C@H]2c2ccc(-c3nccs3)cc2)cnc1NC(=O)OC(C)(C)C. The maximum atomic E-state index is 13.4. The van der Waals surface area contributed by atoms with E-state index in [1.165, 1.54) is 6.20 Å². The van der Waals surface area contributed by atoms with Crippen LogP contribution >= 0.6 is 11.3 Å². The van der Waals surface area contributed by atoms with E-state index in [1.54, 1.807) is 49.3 Å². The number of carbonyl (C=O) groups excluding carboxylic acids is 3. The molecule has 2 N–H and O–H groups in total. The summed E-state index contributed by atoms with van der Waals surface area (Å²) >= 11 is 1.58. The van der Waals surface area contributed by atoms with Crippen LogP contribution in [0.4, 0.5) is 16.3 Å². The highest BCUT2D eigenvalue weighted by Gasteiger charge is 2.34. The third kappa shape index (κ3) is 7.20. The van der Waals surface area contributed by atoms with E-state index in [0.717, 1.165) is 29.0 Å². The smallest absolute Gasteiger partial charge is 0.413 e. The highest BCUT2D eigenvalue weighted by atomic mass is 32.1. The van der Waals surface area contributed by atoms with Gasteiger partial charge in [-0.25, -0.2) is 14.8 Å². The summed E-state index contributed by atoms with van der Waals surface area (Å²) in [6.07, 6.45) is 4.90. The second kappa shape index (κ2) is 11.9. The lowest BCUT2D eigenvalue weighted by molar-refractivity contribution is -0.146. The van der Waals surface area contributed by atoms with Gasteiger partial charge in [0.2, 0.25) is 0 Å². The number of rotatable bonds is 5. The number of piperidine rings is 1. The number of likely N-dealkylation sites (tertiary alicyclic amines) is 1. The summed E-state index contributed by atoms with van der Waals surface area (Å²) < 4.78 is 5.30. The fourth-order valence-corrected chi connectivity index (χ4v) is 5.26. The number of hydrogen-bond donors (Lipinski definition) is 2. The van der Waals surface area contributed by atoms with Gasteiger partial charge in [-0.2, -0.15) is 0 Å². The first-order chi connectivity index (χ1) is 18.5. The Kier molecular flexibility index (Phi) is 8.64. The minimum Gasteiger partial charge on any atom is -0.444 e. The Morgan fingerprint density at radius 1 is 1.10 bits per heavy atom. The molecule has 3 aromatic rings. The van der Waals surface area contributed by atoms with Crippen molar-refractivity contribution in [2.24, 2.45) is 5.92 Å². The quantitative estimate of drug-likeness (QED) is 0.375. The second-order valence-corrected chi connectivity index (χ2v) is 11.7. The van der Waals surface area contributed by atoms with E-state index in [1.807, 2.05) is 36.6 Å². The van der Waals surface area contributed by atoms with Crippen LogP contribution in [-0.2, 0) is 20.7 Å². The second-order valence-electron chi connectivity index (χ2n) is 10.8. The van der Waals surface area contributed by atoms with Crippen molar-refractivity contribution < 1.29 is 19.1 Å². The number of anilines is 2. The average Bonchev–Trinajstić information content (AvgIpc) is 3.43. The molecule has 206 valence electrons. The maximum absolute atomic E-state index is 13.4. The lowest BCUT2D eigenvalue weighted by Crippen LogP contribution is -2.46. The van der Waals surface area contributed by atoms with Crippen LogP contribution in [0, 0.1) is 5.92 Å². The molecule has 1 aliphatic heterocycles. The van der Waals surface area contributed by atoms with Crippen LogP contribution in [0.25, 0.3) is 10.6 Å². The number of hydrogen-bond acceptors (Lipinski definition) is 7. The van der Waals surface area contributed by atoms with Gasteiger partial charge in [-0.1, -0.05) is 38.1 Å². The van der Waals surface area contributed by atoms with Gasteiger partial charge in [0, 0.05) is 23.7 Å². The Morgan fingerprint density at radius 2 is 1.85 bits per heavy atom. The molecular formula is C29H35N5O4S. The predicted octanol–water partition coefficient (Wildman–Crippen LogP) is 6.05. The summed E-state index contributed by atoms with van der Waals surface area (Å²) in [6.45, 7) is 9.84. The summed E-state index contributed by atoms with van der Waals surface area (Å²) in [6, 6.07) is 9.58. The van der Waals surface area contributed by atoms with Crippen LogP contribution in [0.1, 0.15) is 64.6 Å². The van der Waals surface area contributed by atoms with Crippen molar-refractivity contribution in [2.45, 2.75) is 65.5 Å². The van der Waals surface area contributed by atoms with Crippen LogP contribution in [0.5, 0.6) is 0 Å². The number of pyridine rings is 1. The topological polar surface area (TPSA) is 114 Å². The number of nitrogens with zero attached hydrogens (tertiary/aromatic N) is 3. The molecule has 2 aromatic heterocycles. The molecule has 0 radical (unpaired) electrons. The molecule has 0 saturated carbocycles. The number of benzene rings is 1. The number of aromatic nitrogens is 2. The fraction of sp³-hybridized carbons (Fsp3) is 0.414. The number of thiazole rings is 1. The molecule has 3 amide bonds. The van der Waals surface area contributed by atoms with E-state index in [0.29, 0.717) is 36.0 Å². The van der Waals surface area contributed by atoms with E-state index in [-0.39, 0.29) is 6.04 Å². The van der Waals surface area contributed by atoms with Gasteiger partial charge in [-0.3, -0.25) is 14.9 Å². The molecule has 0 unspecified atom stereocenters. The van der Waals surface area contributed by atoms with E-state index in [9.17, 15) is 14.4 Å². The summed E-state index contributed by atoms with van der Waals surface area (Å²) in [7, 11) is 0. The van der Waals surface area contributed by atoms with Gasteiger partial charge >= 0.3 is 17.9 Å². The van der Waals surface area contributed by atoms with Crippen molar-refractivity contribution in [3.63, 3.8) is 0 Å². The Labute approximate surface area is 233 Å². The van der Waals surface area contributed by atoms with Gasteiger partial charge < -0.3 is 15.0 Å². The Morgan fingerprint density at radius 3 is 2.49 bits per heavy atom. The molecule has 0 aliphatic carbocycles. The number of carbonyl (C=O) groups is 3. The summed E-state index contributed by atoms with van der Waals surface area (Å²) in [5.41, 5.74) is 2.47.